The van der Waals surface area contributed by atoms with Crippen molar-refractivity contribution in [3.05, 3.63) is 63.4 Å². The first-order valence-corrected chi connectivity index (χ1v) is 15.8. The first-order valence-electron chi connectivity index (χ1n) is 14.5. The van der Waals surface area contributed by atoms with Crippen LogP contribution in [0.3, 0.4) is 0 Å². The first-order chi connectivity index (χ1) is 19.2. The molecular weight excluding hydrogens is 558 g/mol. The Balaban J connectivity index is 1.39. The quantitative estimate of drug-likeness (QED) is 0.181. The van der Waals surface area contributed by atoms with Crippen LogP contribution in [0.15, 0.2) is 47.7 Å². The van der Waals surface area contributed by atoms with Gasteiger partial charge in [0.25, 0.3) is 0 Å². The molecule has 5 rings (SSSR count). The van der Waals surface area contributed by atoms with Crippen LogP contribution in [-0.2, 0) is 13.0 Å². The molecule has 0 amide bonds. The summed E-state index contributed by atoms with van der Waals surface area (Å²) < 4.78 is 2.11. The summed E-state index contributed by atoms with van der Waals surface area (Å²) in [5.74, 6) is 2.26. The summed E-state index contributed by atoms with van der Waals surface area (Å²) in [7, 11) is 3.89. The Bertz CT molecular complexity index is 1430. The SMILES string of the molecule is CC1CN(C(=NC2CCCC(C)C2C)Nc2ccc3c(=P)n(CCc4ccc(Cl)cc4Cl)cnc3c2)CC(C)N1. The fraction of sp³-hybridized carbons (Fsp3) is 0.516. The molecule has 1 saturated carbocycles. The third-order valence-corrected chi connectivity index (χ3v) is 9.72. The third-order valence-electron chi connectivity index (χ3n) is 8.58. The Morgan fingerprint density at radius 1 is 1.07 bits per heavy atom. The number of guanidine groups is 1. The zero-order valence-electron chi connectivity index (χ0n) is 23.9. The summed E-state index contributed by atoms with van der Waals surface area (Å²) in [5, 5.41) is 10.8. The lowest BCUT2D eigenvalue weighted by Crippen LogP contribution is -2.57. The van der Waals surface area contributed by atoms with Crippen LogP contribution in [-0.4, -0.2) is 51.6 Å². The highest BCUT2D eigenvalue weighted by atomic mass is 35.5. The maximum Gasteiger partial charge on any atom is 0.198 e. The number of piperazine rings is 1. The molecule has 214 valence electrons. The number of benzene rings is 2. The molecule has 2 aliphatic rings. The van der Waals surface area contributed by atoms with Gasteiger partial charge in [0.2, 0.25) is 0 Å². The Labute approximate surface area is 250 Å². The molecule has 3 aromatic rings. The van der Waals surface area contributed by atoms with E-state index in [1.54, 1.807) is 6.07 Å². The van der Waals surface area contributed by atoms with E-state index in [-0.39, 0.29) is 0 Å². The van der Waals surface area contributed by atoms with Gasteiger partial charge in [-0.3, -0.25) is 0 Å². The van der Waals surface area contributed by atoms with Gasteiger partial charge in [0.1, 0.15) is 0 Å². The third kappa shape index (κ3) is 6.85. The van der Waals surface area contributed by atoms with Crippen LogP contribution in [0.2, 0.25) is 10.0 Å². The molecule has 0 radical (unpaired) electrons. The van der Waals surface area contributed by atoms with E-state index < -0.39 is 0 Å². The molecule has 9 heteroatoms. The van der Waals surface area contributed by atoms with E-state index in [9.17, 15) is 0 Å². The van der Waals surface area contributed by atoms with Crippen LogP contribution in [0, 0.1) is 16.9 Å². The van der Waals surface area contributed by atoms with Crippen LogP contribution in [0.1, 0.15) is 52.5 Å². The lowest BCUT2D eigenvalue weighted by atomic mass is 9.78. The summed E-state index contributed by atoms with van der Waals surface area (Å²) in [6.07, 6.45) is 6.37. The molecule has 1 aromatic heterocycles. The number of hydrogen-bond donors (Lipinski definition) is 2. The molecule has 1 aliphatic carbocycles. The predicted molar refractivity (Wildman–Crippen MR) is 172 cm³/mol. The number of aryl methyl sites for hydroxylation is 2. The van der Waals surface area contributed by atoms with E-state index in [2.05, 4.69) is 74.9 Å². The monoisotopic (exact) mass is 598 g/mol. The number of hydrogen-bond acceptors (Lipinski definition) is 3. The van der Waals surface area contributed by atoms with E-state index in [1.807, 2.05) is 18.5 Å². The van der Waals surface area contributed by atoms with Crippen molar-refractivity contribution in [2.75, 3.05) is 18.4 Å². The van der Waals surface area contributed by atoms with Crippen molar-refractivity contribution in [2.45, 2.75) is 78.0 Å². The molecule has 2 fully saturated rings. The minimum atomic E-state index is 0.340. The fourth-order valence-electron chi connectivity index (χ4n) is 6.11. The Kier molecular flexibility index (Phi) is 9.42. The molecule has 2 N–H and O–H groups in total. The molecule has 5 atom stereocenters. The average Bonchev–Trinajstić information content (AvgIpc) is 2.91. The molecular formula is C31H41Cl2N6P. The minimum absolute atomic E-state index is 0.340. The Morgan fingerprint density at radius 2 is 1.85 bits per heavy atom. The van der Waals surface area contributed by atoms with Crippen LogP contribution in [0.5, 0.6) is 0 Å². The lowest BCUT2D eigenvalue weighted by molar-refractivity contribution is 0.230. The van der Waals surface area contributed by atoms with Gasteiger partial charge in [0, 0.05) is 52.8 Å². The van der Waals surface area contributed by atoms with Crippen LogP contribution >= 0.6 is 32.1 Å². The molecule has 1 saturated heterocycles. The van der Waals surface area contributed by atoms with E-state index in [0.717, 1.165) is 65.7 Å². The van der Waals surface area contributed by atoms with Gasteiger partial charge in [-0.25, -0.2) is 9.98 Å². The Morgan fingerprint density at radius 3 is 2.60 bits per heavy atom. The fourth-order valence-corrected chi connectivity index (χ4v) is 6.99. The van der Waals surface area contributed by atoms with Gasteiger partial charge in [0.15, 0.2) is 5.96 Å². The van der Waals surface area contributed by atoms with E-state index in [1.165, 1.54) is 12.8 Å². The van der Waals surface area contributed by atoms with Gasteiger partial charge >= 0.3 is 0 Å². The molecule has 1 aliphatic heterocycles. The first kappa shape index (κ1) is 29.4. The highest BCUT2D eigenvalue weighted by Crippen LogP contribution is 2.32. The molecule has 2 heterocycles. The second-order valence-electron chi connectivity index (χ2n) is 11.8. The van der Waals surface area contributed by atoms with E-state index in [4.69, 9.17) is 33.2 Å². The lowest BCUT2D eigenvalue weighted by Gasteiger charge is -2.39. The van der Waals surface area contributed by atoms with Crippen LogP contribution in [0.25, 0.3) is 10.9 Å². The number of rotatable bonds is 5. The molecule has 6 nitrogen and oxygen atoms in total. The van der Waals surface area contributed by atoms with Gasteiger partial charge in [-0.1, -0.05) is 64.8 Å². The van der Waals surface area contributed by atoms with E-state index >= 15 is 0 Å². The number of nitrogens with one attached hydrogen (secondary N) is 2. The molecule has 0 spiro atoms. The largest absolute Gasteiger partial charge is 0.340 e. The predicted octanol–water partition coefficient (Wildman–Crippen LogP) is 7.54. The van der Waals surface area contributed by atoms with Gasteiger partial charge in [-0.05, 0) is 74.4 Å². The summed E-state index contributed by atoms with van der Waals surface area (Å²) >= 11 is 12.5. The number of nitrogens with zero attached hydrogens (tertiary/aromatic N) is 4. The topological polar surface area (TPSA) is 57.5 Å². The van der Waals surface area contributed by atoms with Crippen molar-refractivity contribution < 1.29 is 0 Å². The van der Waals surface area contributed by atoms with Crippen molar-refractivity contribution in [1.82, 2.24) is 19.8 Å². The van der Waals surface area contributed by atoms with Crippen molar-refractivity contribution in [3.63, 3.8) is 0 Å². The van der Waals surface area contributed by atoms with E-state index in [0.29, 0.717) is 40.0 Å². The number of halogens is 2. The number of fused-ring (bicyclic) bond motifs is 1. The minimum Gasteiger partial charge on any atom is -0.340 e. The van der Waals surface area contributed by atoms with Crippen molar-refractivity contribution in [2.24, 2.45) is 16.8 Å². The average molecular weight is 600 g/mol. The normalized spacial score (nSPS) is 25.8. The second kappa shape index (κ2) is 12.8. The second-order valence-corrected chi connectivity index (χ2v) is 13.1. The van der Waals surface area contributed by atoms with Crippen LogP contribution in [0.4, 0.5) is 5.69 Å². The summed E-state index contributed by atoms with van der Waals surface area (Å²) in [4.78, 5) is 12.6. The number of aliphatic imine (C=N–C) groups is 1. The maximum absolute atomic E-state index is 6.39. The van der Waals surface area contributed by atoms with Crippen LogP contribution < -0.4 is 10.6 Å². The number of aromatic nitrogens is 2. The standard InChI is InChI=1S/C31H41Cl2N6P/c1-19-6-5-7-28(22(19)4)37-31(39-16-20(2)35-21(3)17-39)36-25-10-11-26-29(15-25)34-18-38(30(26)40)13-12-23-8-9-24(32)14-27(23)33/h8-11,14-15,18-22,28,35,40H,5-7,12-13,16-17H2,1-4H3,(H,36,37). The van der Waals surface area contributed by atoms with Gasteiger partial charge in [-0.15, -0.1) is 0 Å². The summed E-state index contributed by atoms with van der Waals surface area (Å²) in [6, 6.07) is 13.2. The van der Waals surface area contributed by atoms with Crippen molar-refractivity contribution in [1.29, 1.82) is 0 Å². The van der Waals surface area contributed by atoms with Gasteiger partial charge in [0.05, 0.1) is 23.0 Å². The van der Waals surface area contributed by atoms with Gasteiger partial charge < -0.3 is 20.1 Å². The molecule has 0 bridgehead atoms. The maximum atomic E-state index is 6.39. The molecule has 40 heavy (non-hydrogen) atoms. The summed E-state index contributed by atoms with van der Waals surface area (Å²) in [5.41, 5.74) is 3.00. The Hall–Kier alpha value is -2.11. The van der Waals surface area contributed by atoms with Gasteiger partial charge in [-0.2, -0.15) is 0 Å². The van der Waals surface area contributed by atoms with Crippen molar-refractivity contribution in [3.8, 4) is 0 Å². The zero-order chi connectivity index (χ0) is 28.4. The molecule has 5 unspecified atom stereocenters. The zero-order valence-corrected chi connectivity index (χ0v) is 26.4. The molecule has 2 aromatic carbocycles. The smallest absolute Gasteiger partial charge is 0.198 e. The van der Waals surface area contributed by atoms with Crippen molar-refractivity contribution >= 4 is 54.6 Å². The highest BCUT2D eigenvalue weighted by molar-refractivity contribution is 7.07. The number of anilines is 1. The highest BCUT2D eigenvalue weighted by Gasteiger charge is 2.29. The summed E-state index contributed by atoms with van der Waals surface area (Å²) in [6.45, 7) is 11.8.